The zero-order valence-corrected chi connectivity index (χ0v) is 23.0. The van der Waals surface area contributed by atoms with Crippen LogP contribution in [0.4, 0.5) is 5.69 Å². The van der Waals surface area contributed by atoms with Gasteiger partial charge in [-0.25, -0.2) is 0 Å². The summed E-state index contributed by atoms with van der Waals surface area (Å²) in [6, 6.07) is 23.3. The van der Waals surface area contributed by atoms with Gasteiger partial charge in [-0.05, 0) is 79.5 Å². The number of benzene rings is 3. The van der Waals surface area contributed by atoms with Crippen molar-refractivity contribution in [2.24, 2.45) is 0 Å². The van der Waals surface area contributed by atoms with E-state index in [1.165, 1.54) is 18.4 Å². The fraction of sp³-hybridized carbons (Fsp3) is 0.310. The highest BCUT2D eigenvalue weighted by atomic mass is 79.9. The van der Waals surface area contributed by atoms with Gasteiger partial charge in [-0.2, -0.15) is 0 Å². The van der Waals surface area contributed by atoms with Crippen LogP contribution >= 0.6 is 28.1 Å². The number of nitrogens with one attached hydrogen (secondary N) is 2. The molecule has 0 fully saturated rings. The standard InChI is InChI=1S/C29H33BrN2O3S/c1-2-3-4-8-19-35-27-18-13-23(30)21-26(27)28(33)32-29(36)31-24-14-16-25(17-15-24)34-20-9-12-22-10-6-5-7-11-22/h5-7,10-11,13-18,21H,2-4,8-9,12,19-20H2,1H3,(H2,31,32,33,36). The minimum absolute atomic E-state index is 0.213. The van der Waals surface area contributed by atoms with Gasteiger partial charge in [0.1, 0.15) is 11.5 Å². The van der Waals surface area contributed by atoms with Crippen LogP contribution in [0, 0.1) is 0 Å². The summed E-state index contributed by atoms with van der Waals surface area (Å²) in [5.41, 5.74) is 2.51. The van der Waals surface area contributed by atoms with Gasteiger partial charge in [0.25, 0.3) is 5.91 Å². The molecule has 7 heteroatoms. The summed E-state index contributed by atoms with van der Waals surface area (Å²) in [4.78, 5) is 12.9. The number of ether oxygens (including phenoxy) is 2. The van der Waals surface area contributed by atoms with Crippen LogP contribution in [0.1, 0.15) is 54.9 Å². The van der Waals surface area contributed by atoms with Crippen LogP contribution in [0.25, 0.3) is 0 Å². The average Bonchev–Trinajstić information content (AvgIpc) is 2.88. The SMILES string of the molecule is CCCCCCOc1ccc(Br)cc1C(=O)NC(=S)Nc1ccc(OCCCc2ccccc2)cc1. The minimum atomic E-state index is -0.323. The third-order valence-electron chi connectivity index (χ3n) is 5.50. The maximum absolute atomic E-state index is 12.9. The molecule has 0 aliphatic rings. The molecule has 0 unspecified atom stereocenters. The Labute approximate surface area is 227 Å². The van der Waals surface area contributed by atoms with Gasteiger partial charge in [0.05, 0.1) is 18.8 Å². The normalized spacial score (nSPS) is 10.5. The summed E-state index contributed by atoms with van der Waals surface area (Å²) in [6.07, 6.45) is 6.34. The number of amides is 1. The zero-order chi connectivity index (χ0) is 25.6. The van der Waals surface area contributed by atoms with E-state index >= 15 is 0 Å². The first-order valence-electron chi connectivity index (χ1n) is 12.4. The number of aryl methyl sites for hydroxylation is 1. The molecule has 0 aliphatic heterocycles. The molecule has 0 spiro atoms. The third-order valence-corrected chi connectivity index (χ3v) is 6.20. The van der Waals surface area contributed by atoms with Crippen molar-refractivity contribution in [1.29, 1.82) is 0 Å². The first-order chi connectivity index (χ1) is 17.5. The summed E-state index contributed by atoms with van der Waals surface area (Å²) in [6.45, 7) is 3.39. The smallest absolute Gasteiger partial charge is 0.261 e. The van der Waals surface area contributed by atoms with Crippen LogP contribution in [-0.2, 0) is 6.42 Å². The minimum Gasteiger partial charge on any atom is -0.494 e. The first kappa shape index (κ1) is 27.7. The van der Waals surface area contributed by atoms with E-state index in [0.29, 0.717) is 24.5 Å². The highest BCUT2D eigenvalue weighted by Gasteiger charge is 2.15. The van der Waals surface area contributed by atoms with Gasteiger partial charge in [0.15, 0.2) is 5.11 Å². The van der Waals surface area contributed by atoms with E-state index in [4.69, 9.17) is 21.7 Å². The average molecular weight is 570 g/mol. The first-order valence-corrected chi connectivity index (χ1v) is 13.6. The van der Waals surface area contributed by atoms with E-state index in [-0.39, 0.29) is 11.0 Å². The molecule has 0 aromatic heterocycles. The molecule has 5 nitrogen and oxygen atoms in total. The summed E-state index contributed by atoms with van der Waals surface area (Å²) in [5.74, 6) is 1.01. The van der Waals surface area contributed by atoms with Crippen LogP contribution in [0.15, 0.2) is 77.3 Å². The highest BCUT2D eigenvalue weighted by molar-refractivity contribution is 9.10. The predicted octanol–water partition coefficient (Wildman–Crippen LogP) is 7.55. The van der Waals surface area contributed by atoms with Crippen LogP contribution in [0.3, 0.4) is 0 Å². The lowest BCUT2D eigenvalue weighted by Crippen LogP contribution is -2.34. The molecule has 0 bridgehead atoms. The lowest BCUT2D eigenvalue weighted by atomic mass is 10.1. The molecule has 0 heterocycles. The monoisotopic (exact) mass is 568 g/mol. The summed E-state index contributed by atoms with van der Waals surface area (Å²) in [7, 11) is 0. The Bertz CT molecular complexity index is 1110. The lowest BCUT2D eigenvalue weighted by molar-refractivity contribution is 0.0973. The quantitative estimate of drug-likeness (QED) is 0.165. The Hall–Kier alpha value is -2.90. The number of hydrogen-bond donors (Lipinski definition) is 2. The van der Waals surface area contributed by atoms with Gasteiger partial charge in [-0.1, -0.05) is 72.4 Å². The predicted molar refractivity (Wildman–Crippen MR) is 154 cm³/mol. The molecular weight excluding hydrogens is 536 g/mol. The van der Waals surface area contributed by atoms with Crippen molar-refractivity contribution in [1.82, 2.24) is 5.32 Å². The number of carbonyl (C=O) groups is 1. The molecule has 190 valence electrons. The topological polar surface area (TPSA) is 59.6 Å². The maximum Gasteiger partial charge on any atom is 0.261 e. The molecule has 3 aromatic carbocycles. The molecule has 0 aliphatic carbocycles. The molecule has 0 radical (unpaired) electrons. The van der Waals surface area contributed by atoms with Crippen LogP contribution in [0.5, 0.6) is 11.5 Å². The van der Waals surface area contributed by atoms with Crippen LogP contribution in [0.2, 0.25) is 0 Å². The van der Waals surface area contributed by atoms with Crippen molar-refractivity contribution in [2.75, 3.05) is 18.5 Å². The second-order valence-electron chi connectivity index (χ2n) is 8.42. The van der Waals surface area contributed by atoms with Crippen molar-refractivity contribution < 1.29 is 14.3 Å². The largest absolute Gasteiger partial charge is 0.494 e. The van der Waals surface area contributed by atoms with Gasteiger partial charge in [-0.3, -0.25) is 10.1 Å². The van der Waals surface area contributed by atoms with Crippen molar-refractivity contribution in [3.8, 4) is 11.5 Å². The summed E-state index contributed by atoms with van der Waals surface area (Å²) >= 11 is 8.79. The number of rotatable bonds is 13. The second-order valence-corrected chi connectivity index (χ2v) is 9.74. The number of hydrogen-bond acceptors (Lipinski definition) is 4. The zero-order valence-electron chi connectivity index (χ0n) is 20.6. The molecule has 3 aromatic rings. The Balaban J connectivity index is 1.45. The van der Waals surface area contributed by atoms with E-state index in [1.54, 1.807) is 12.1 Å². The molecule has 0 saturated carbocycles. The fourth-order valence-electron chi connectivity index (χ4n) is 3.59. The maximum atomic E-state index is 12.9. The van der Waals surface area contributed by atoms with E-state index < -0.39 is 0 Å². The van der Waals surface area contributed by atoms with Crippen LogP contribution < -0.4 is 20.1 Å². The van der Waals surface area contributed by atoms with Crippen molar-refractivity contribution in [3.63, 3.8) is 0 Å². The molecule has 2 N–H and O–H groups in total. The molecule has 0 atom stereocenters. The van der Waals surface area contributed by atoms with Gasteiger partial charge in [0.2, 0.25) is 0 Å². The Morgan fingerprint density at radius 1 is 0.889 bits per heavy atom. The molecule has 1 amide bonds. The van der Waals surface area contributed by atoms with Crippen LogP contribution in [-0.4, -0.2) is 24.2 Å². The third kappa shape index (κ3) is 9.63. The summed E-state index contributed by atoms with van der Waals surface area (Å²) in [5, 5.41) is 6.01. The number of unbranched alkanes of at least 4 members (excludes halogenated alkanes) is 3. The summed E-state index contributed by atoms with van der Waals surface area (Å²) < 4.78 is 12.5. The Kier molecular flexibility index (Phi) is 11.7. The second kappa shape index (κ2) is 15.3. The van der Waals surface area contributed by atoms with Crippen molar-refractivity contribution in [3.05, 3.63) is 88.4 Å². The molecule has 3 rings (SSSR count). The molecule has 0 saturated heterocycles. The van der Waals surface area contributed by atoms with Gasteiger partial charge in [0, 0.05) is 10.2 Å². The number of thiocarbonyl (C=S) groups is 1. The number of carbonyl (C=O) groups excluding carboxylic acids is 1. The van der Waals surface area contributed by atoms with Crippen molar-refractivity contribution in [2.45, 2.75) is 45.4 Å². The molecular formula is C29H33BrN2O3S. The van der Waals surface area contributed by atoms with Gasteiger partial charge < -0.3 is 14.8 Å². The highest BCUT2D eigenvalue weighted by Crippen LogP contribution is 2.24. The number of anilines is 1. The fourth-order valence-corrected chi connectivity index (χ4v) is 4.17. The van der Waals surface area contributed by atoms with Crippen molar-refractivity contribution >= 4 is 44.9 Å². The van der Waals surface area contributed by atoms with Gasteiger partial charge >= 0.3 is 0 Å². The van der Waals surface area contributed by atoms with E-state index in [1.807, 2.05) is 36.4 Å². The van der Waals surface area contributed by atoms with E-state index in [2.05, 4.69) is 57.8 Å². The Morgan fingerprint density at radius 3 is 2.39 bits per heavy atom. The lowest BCUT2D eigenvalue weighted by Gasteiger charge is -2.14. The van der Waals surface area contributed by atoms with E-state index in [9.17, 15) is 4.79 Å². The van der Waals surface area contributed by atoms with Gasteiger partial charge in [-0.15, -0.1) is 0 Å². The number of halogens is 1. The Morgan fingerprint density at radius 2 is 1.64 bits per heavy atom. The molecule has 36 heavy (non-hydrogen) atoms. The van der Waals surface area contributed by atoms with E-state index in [0.717, 1.165) is 41.6 Å².